The van der Waals surface area contributed by atoms with Crippen LogP contribution in [0.15, 0.2) is 48.7 Å². The first-order chi connectivity index (χ1) is 15.6. The van der Waals surface area contributed by atoms with E-state index < -0.39 is 0 Å². The Labute approximate surface area is 189 Å². The van der Waals surface area contributed by atoms with E-state index in [0.29, 0.717) is 50.0 Å². The third kappa shape index (κ3) is 5.46. The van der Waals surface area contributed by atoms with Gasteiger partial charge in [-0.05, 0) is 43.2 Å². The minimum absolute atomic E-state index is 0.0114. The second-order valence-corrected chi connectivity index (χ2v) is 8.74. The largest absolute Gasteiger partial charge is 0.481 e. The summed E-state index contributed by atoms with van der Waals surface area (Å²) in [5.74, 6) is 0.888. The fourth-order valence-corrected chi connectivity index (χ4v) is 4.71. The number of likely N-dealkylation sites (tertiary alicyclic amines) is 1. The van der Waals surface area contributed by atoms with Crippen molar-refractivity contribution < 1.29 is 19.1 Å². The van der Waals surface area contributed by atoms with Gasteiger partial charge < -0.3 is 19.7 Å². The Kier molecular flexibility index (Phi) is 7.05. The van der Waals surface area contributed by atoms with Crippen LogP contribution >= 0.6 is 0 Å². The SMILES string of the molecule is COc1ccc(C(=O)N2CCC3(CC2)CC(CC(=O)NCc2ccccc2)CCO3)cn1. The van der Waals surface area contributed by atoms with Gasteiger partial charge in [-0.1, -0.05) is 30.3 Å². The Hall–Kier alpha value is -2.93. The van der Waals surface area contributed by atoms with Crippen LogP contribution in [0, 0.1) is 5.92 Å². The zero-order chi connectivity index (χ0) is 22.4. The van der Waals surface area contributed by atoms with E-state index in [1.165, 1.54) is 0 Å². The molecule has 4 rings (SSSR count). The van der Waals surface area contributed by atoms with Crippen molar-refractivity contribution in [3.63, 3.8) is 0 Å². The maximum atomic E-state index is 12.8. The standard InChI is InChI=1S/C25H31N3O4/c1-31-23-8-7-21(18-27-23)24(30)28-12-10-25(11-13-28)16-20(9-14-32-25)15-22(29)26-17-19-5-3-2-4-6-19/h2-8,18,20H,9-17H2,1H3,(H,26,29). The highest BCUT2D eigenvalue weighted by molar-refractivity contribution is 5.94. The Bertz CT molecular complexity index is 909. The maximum absolute atomic E-state index is 12.8. The molecule has 7 nitrogen and oxygen atoms in total. The molecule has 7 heteroatoms. The second-order valence-electron chi connectivity index (χ2n) is 8.74. The minimum atomic E-state index is -0.225. The Morgan fingerprint density at radius 1 is 1.19 bits per heavy atom. The number of nitrogens with zero attached hydrogens (tertiary/aromatic N) is 2. The molecule has 170 valence electrons. The number of nitrogens with one attached hydrogen (secondary N) is 1. The quantitative estimate of drug-likeness (QED) is 0.751. The number of benzene rings is 1. The van der Waals surface area contributed by atoms with E-state index in [4.69, 9.17) is 9.47 Å². The summed E-state index contributed by atoms with van der Waals surface area (Å²) in [6.45, 7) is 2.54. The normalized spacial score (nSPS) is 20.0. The van der Waals surface area contributed by atoms with Gasteiger partial charge in [-0.15, -0.1) is 0 Å². The van der Waals surface area contributed by atoms with Crippen LogP contribution in [-0.2, 0) is 16.1 Å². The van der Waals surface area contributed by atoms with Gasteiger partial charge in [0, 0.05) is 44.9 Å². The molecule has 2 aromatic rings. The van der Waals surface area contributed by atoms with Gasteiger partial charge in [-0.25, -0.2) is 4.98 Å². The maximum Gasteiger partial charge on any atom is 0.255 e. The van der Waals surface area contributed by atoms with E-state index in [0.717, 1.165) is 31.2 Å². The summed E-state index contributed by atoms with van der Waals surface area (Å²) in [7, 11) is 1.55. The van der Waals surface area contributed by atoms with Gasteiger partial charge >= 0.3 is 0 Å². The zero-order valence-corrected chi connectivity index (χ0v) is 18.6. The van der Waals surface area contributed by atoms with Crippen molar-refractivity contribution in [1.82, 2.24) is 15.2 Å². The van der Waals surface area contributed by atoms with Gasteiger partial charge in [0.1, 0.15) is 0 Å². The molecule has 2 saturated heterocycles. The number of hydrogen-bond donors (Lipinski definition) is 1. The molecule has 0 aliphatic carbocycles. The van der Waals surface area contributed by atoms with Crippen LogP contribution in [0.4, 0.5) is 0 Å². The fraction of sp³-hybridized carbons (Fsp3) is 0.480. The molecular formula is C25H31N3O4. The molecule has 0 bridgehead atoms. The van der Waals surface area contributed by atoms with Crippen molar-refractivity contribution in [2.45, 2.75) is 44.2 Å². The van der Waals surface area contributed by atoms with E-state index in [9.17, 15) is 9.59 Å². The van der Waals surface area contributed by atoms with Crippen LogP contribution in [0.3, 0.4) is 0 Å². The molecule has 2 aliphatic rings. The molecule has 1 unspecified atom stereocenters. The van der Waals surface area contributed by atoms with E-state index in [1.54, 1.807) is 25.4 Å². The van der Waals surface area contributed by atoms with Crippen molar-refractivity contribution in [2.75, 3.05) is 26.8 Å². The van der Waals surface area contributed by atoms with Gasteiger partial charge in [-0.2, -0.15) is 0 Å². The van der Waals surface area contributed by atoms with Crippen LogP contribution in [0.2, 0.25) is 0 Å². The third-order valence-corrected chi connectivity index (χ3v) is 6.56. The zero-order valence-electron chi connectivity index (χ0n) is 18.6. The Morgan fingerprint density at radius 2 is 1.97 bits per heavy atom. The summed E-state index contributed by atoms with van der Waals surface area (Å²) >= 11 is 0. The second kappa shape index (κ2) is 10.1. The number of ether oxygens (including phenoxy) is 2. The molecule has 1 spiro atoms. The predicted molar refractivity (Wildman–Crippen MR) is 120 cm³/mol. The molecule has 0 radical (unpaired) electrons. The number of methoxy groups -OCH3 is 1. The lowest BCUT2D eigenvalue weighted by atomic mass is 9.78. The topological polar surface area (TPSA) is 80.8 Å². The van der Waals surface area contributed by atoms with Crippen molar-refractivity contribution in [3.8, 4) is 5.88 Å². The van der Waals surface area contributed by atoms with E-state index in [2.05, 4.69) is 10.3 Å². The lowest BCUT2D eigenvalue weighted by molar-refractivity contribution is -0.134. The first-order valence-corrected chi connectivity index (χ1v) is 11.3. The fourth-order valence-electron chi connectivity index (χ4n) is 4.71. The van der Waals surface area contributed by atoms with Gasteiger partial charge in [0.15, 0.2) is 0 Å². The predicted octanol–water partition coefficient (Wildman–Crippen LogP) is 3.20. The average Bonchev–Trinajstić information content (AvgIpc) is 2.84. The molecule has 32 heavy (non-hydrogen) atoms. The number of carbonyl (C=O) groups excluding carboxylic acids is 2. The minimum Gasteiger partial charge on any atom is -0.481 e. The number of piperidine rings is 1. The van der Waals surface area contributed by atoms with Crippen LogP contribution in [-0.4, -0.2) is 54.1 Å². The molecule has 1 N–H and O–H groups in total. The molecule has 1 aromatic heterocycles. The average molecular weight is 438 g/mol. The highest BCUT2D eigenvalue weighted by atomic mass is 16.5. The van der Waals surface area contributed by atoms with Crippen molar-refractivity contribution >= 4 is 11.8 Å². The lowest BCUT2D eigenvalue weighted by Crippen LogP contribution is -2.51. The molecular weight excluding hydrogens is 406 g/mol. The van der Waals surface area contributed by atoms with Gasteiger partial charge in [0.05, 0.1) is 18.3 Å². The van der Waals surface area contributed by atoms with E-state index in [1.807, 2.05) is 35.2 Å². The van der Waals surface area contributed by atoms with Crippen LogP contribution in [0.1, 0.15) is 48.0 Å². The summed E-state index contributed by atoms with van der Waals surface area (Å²) in [6.07, 6.45) is 5.46. The number of hydrogen-bond acceptors (Lipinski definition) is 5. The van der Waals surface area contributed by atoms with Crippen LogP contribution < -0.4 is 10.1 Å². The molecule has 2 fully saturated rings. The number of aromatic nitrogens is 1. The first kappa shape index (κ1) is 22.3. The molecule has 0 saturated carbocycles. The van der Waals surface area contributed by atoms with E-state index in [-0.39, 0.29) is 17.4 Å². The van der Waals surface area contributed by atoms with Gasteiger partial charge in [0.25, 0.3) is 5.91 Å². The molecule has 2 aliphatic heterocycles. The smallest absolute Gasteiger partial charge is 0.255 e. The van der Waals surface area contributed by atoms with Crippen molar-refractivity contribution in [2.24, 2.45) is 5.92 Å². The molecule has 2 amide bonds. The molecule has 1 atom stereocenters. The molecule has 3 heterocycles. The summed E-state index contributed by atoms with van der Waals surface area (Å²) in [5, 5.41) is 3.04. The van der Waals surface area contributed by atoms with Gasteiger partial charge in [0.2, 0.25) is 11.8 Å². The summed E-state index contributed by atoms with van der Waals surface area (Å²) in [4.78, 5) is 31.3. The van der Waals surface area contributed by atoms with Crippen LogP contribution in [0.25, 0.3) is 0 Å². The van der Waals surface area contributed by atoms with Crippen molar-refractivity contribution in [1.29, 1.82) is 0 Å². The summed E-state index contributed by atoms with van der Waals surface area (Å²) in [6, 6.07) is 13.4. The summed E-state index contributed by atoms with van der Waals surface area (Å²) in [5.41, 5.74) is 1.45. The third-order valence-electron chi connectivity index (χ3n) is 6.56. The van der Waals surface area contributed by atoms with Crippen molar-refractivity contribution in [3.05, 3.63) is 59.8 Å². The summed E-state index contributed by atoms with van der Waals surface area (Å²) < 4.78 is 11.3. The van der Waals surface area contributed by atoms with Crippen LogP contribution in [0.5, 0.6) is 5.88 Å². The number of pyridine rings is 1. The lowest BCUT2D eigenvalue weighted by Gasteiger charge is -2.46. The molecule has 1 aromatic carbocycles. The van der Waals surface area contributed by atoms with Gasteiger partial charge in [-0.3, -0.25) is 9.59 Å². The Balaban J connectivity index is 1.26. The first-order valence-electron chi connectivity index (χ1n) is 11.3. The number of carbonyl (C=O) groups is 2. The Morgan fingerprint density at radius 3 is 2.66 bits per heavy atom. The highest BCUT2D eigenvalue weighted by Crippen LogP contribution is 2.39. The monoisotopic (exact) mass is 437 g/mol. The highest BCUT2D eigenvalue weighted by Gasteiger charge is 2.41. The number of rotatable bonds is 6. The number of amides is 2. The van der Waals surface area contributed by atoms with E-state index >= 15 is 0 Å².